The van der Waals surface area contributed by atoms with Crippen molar-refractivity contribution in [2.45, 2.75) is 19.1 Å². The molecule has 0 aliphatic carbocycles. The first-order valence-corrected chi connectivity index (χ1v) is 11.3. The van der Waals surface area contributed by atoms with Gasteiger partial charge in [0.2, 0.25) is 0 Å². The Hall–Kier alpha value is -4.39. The van der Waals surface area contributed by atoms with Crippen LogP contribution in [0.5, 0.6) is 0 Å². The molecule has 0 fully saturated rings. The van der Waals surface area contributed by atoms with Crippen LogP contribution in [0.1, 0.15) is 16.7 Å². The summed E-state index contributed by atoms with van der Waals surface area (Å²) in [6.45, 7) is 0.479. The number of benzene rings is 4. The topological polar surface area (TPSA) is 62.2 Å². The van der Waals surface area contributed by atoms with Gasteiger partial charge in [-0.2, -0.15) is 13.2 Å². The second-order valence-corrected chi connectivity index (χ2v) is 8.50. The first-order chi connectivity index (χ1) is 17.3. The summed E-state index contributed by atoms with van der Waals surface area (Å²) in [6.07, 6.45) is -3.14. The zero-order chi connectivity index (χ0) is 25.3. The molecule has 0 radical (unpaired) electrons. The summed E-state index contributed by atoms with van der Waals surface area (Å²) in [6, 6.07) is 24.8. The number of hydrogen-bond acceptors (Lipinski definition) is 3. The third-order valence-electron chi connectivity index (χ3n) is 6.15. The Bertz CT molecular complexity index is 1600. The van der Waals surface area contributed by atoms with Gasteiger partial charge in [0.1, 0.15) is 0 Å². The minimum Gasteiger partial charge on any atom is -0.481 e. The van der Waals surface area contributed by atoms with Crippen molar-refractivity contribution in [1.82, 2.24) is 4.98 Å². The molecule has 0 aliphatic rings. The van der Waals surface area contributed by atoms with Crippen molar-refractivity contribution < 1.29 is 23.1 Å². The number of hydrogen-bond donors (Lipinski definition) is 2. The number of pyridine rings is 1. The number of aromatic nitrogens is 1. The molecule has 0 saturated carbocycles. The fourth-order valence-electron chi connectivity index (χ4n) is 4.54. The summed E-state index contributed by atoms with van der Waals surface area (Å²) in [5.41, 5.74) is 3.21. The van der Waals surface area contributed by atoms with Gasteiger partial charge in [-0.3, -0.25) is 9.78 Å². The summed E-state index contributed by atoms with van der Waals surface area (Å²) < 4.78 is 40.5. The molecule has 0 unspecified atom stereocenters. The summed E-state index contributed by atoms with van der Waals surface area (Å²) in [4.78, 5) is 15.2. The van der Waals surface area contributed by atoms with Crippen LogP contribution in [-0.4, -0.2) is 16.1 Å². The molecule has 0 aliphatic heterocycles. The van der Waals surface area contributed by atoms with Gasteiger partial charge < -0.3 is 10.4 Å². The van der Waals surface area contributed by atoms with Crippen LogP contribution in [0.15, 0.2) is 91.1 Å². The molecular weight excluding hydrogens is 465 g/mol. The molecule has 180 valence electrons. The third-order valence-corrected chi connectivity index (χ3v) is 6.15. The largest absolute Gasteiger partial charge is 0.481 e. The number of alkyl halides is 3. The van der Waals surface area contributed by atoms with Crippen LogP contribution in [0.25, 0.3) is 32.8 Å². The summed E-state index contributed by atoms with van der Waals surface area (Å²) in [5, 5.41) is 14.9. The highest BCUT2D eigenvalue weighted by Crippen LogP contribution is 2.37. The number of halogens is 3. The molecule has 4 nitrogen and oxygen atoms in total. The average Bonchev–Trinajstić information content (AvgIpc) is 2.87. The number of fused-ring (bicyclic) bond motifs is 2. The molecule has 0 atom stereocenters. The Balaban J connectivity index is 1.46. The predicted octanol–water partition coefficient (Wildman–Crippen LogP) is 7.31. The standard InChI is InChI=1S/C29H21F3N2O2/c30-29(31,32)25-10-4-9-24-22(13-14-33-28(24)25)19-6-3-5-18(15-19)17-34-26-12-11-20(16-27(35)36)21-7-1-2-8-23(21)26/h1-15,34H,16-17H2,(H,35,36). The molecule has 0 bridgehead atoms. The van der Waals surface area contributed by atoms with Crippen molar-refractivity contribution in [1.29, 1.82) is 0 Å². The summed E-state index contributed by atoms with van der Waals surface area (Å²) in [5.74, 6) is -0.885. The fraction of sp³-hybridized carbons (Fsp3) is 0.103. The van der Waals surface area contributed by atoms with Gasteiger partial charge in [0.25, 0.3) is 0 Å². The highest BCUT2D eigenvalue weighted by Gasteiger charge is 2.33. The van der Waals surface area contributed by atoms with Crippen LogP contribution < -0.4 is 5.32 Å². The molecule has 1 heterocycles. The zero-order valence-electron chi connectivity index (χ0n) is 19.0. The van der Waals surface area contributed by atoms with E-state index in [9.17, 15) is 23.1 Å². The summed E-state index contributed by atoms with van der Waals surface area (Å²) in [7, 11) is 0. The van der Waals surface area contributed by atoms with E-state index in [4.69, 9.17) is 0 Å². The molecule has 5 rings (SSSR count). The lowest BCUT2D eigenvalue weighted by molar-refractivity contribution is -0.137. The van der Waals surface area contributed by atoms with Crippen molar-refractivity contribution in [2.75, 3.05) is 5.32 Å². The van der Waals surface area contributed by atoms with Crippen molar-refractivity contribution in [3.63, 3.8) is 0 Å². The third kappa shape index (κ3) is 4.60. The Morgan fingerprint density at radius 2 is 1.61 bits per heavy atom. The Labute approximate surface area is 205 Å². The van der Waals surface area contributed by atoms with E-state index in [-0.39, 0.29) is 11.9 Å². The van der Waals surface area contributed by atoms with E-state index in [1.54, 1.807) is 12.1 Å². The molecule has 2 N–H and O–H groups in total. The quantitative estimate of drug-likeness (QED) is 0.264. The van der Waals surface area contributed by atoms with Crippen LogP contribution in [0, 0.1) is 0 Å². The van der Waals surface area contributed by atoms with E-state index in [0.717, 1.165) is 39.2 Å². The maximum absolute atomic E-state index is 13.5. The minimum atomic E-state index is -4.49. The monoisotopic (exact) mass is 486 g/mol. The van der Waals surface area contributed by atoms with Crippen molar-refractivity contribution in [3.05, 3.63) is 108 Å². The number of aliphatic carboxylic acids is 1. The van der Waals surface area contributed by atoms with Gasteiger partial charge in [0, 0.05) is 29.2 Å². The van der Waals surface area contributed by atoms with E-state index in [0.29, 0.717) is 17.5 Å². The Morgan fingerprint density at radius 1 is 0.861 bits per heavy atom. The van der Waals surface area contributed by atoms with Gasteiger partial charge in [0.15, 0.2) is 0 Å². The van der Waals surface area contributed by atoms with E-state index < -0.39 is 17.7 Å². The van der Waals surface area contributed by atoms with Crippen molar-refractivity contribution in [2.24, 2.45) is 0 Å². The number of carbonyl (C=O) groups is 1. The highest BCUT2D eigenvalue weighted by molar-refractivity contribution is 5.98. The van der Waals surface area contributed by atoms with Gasteiger partial charge in [-0.05, 0) is 51.9 Å². The normalized spacial score (nSPS) is 11.6. The second kappa shape index (κ2) is 9.34. The first kappa shape index (κ1) is 23.4. The fourth-order valence-corrected chi connectivity index (χ4v) is 4.54. The zero-order valence-corrected chi connectivity index (χ0v) is 19.0. The van der Waals surface area contributed by atoms with Crippen LogP contribution in [0.3, 0.4) is 0 Å². The molecule has 5 aromatic rings. The molecular formula is C29H21F3N2O2. The van der Waals surface area contributed by atoms with Crippen LogP contribution >= 0.6 is 0 Å². The Kier molecular flexibility index (Phi) is 6.06. The number of para-hydroxylation sites is 1. The maximum atomic E-state index is 13.5. The molecule has 0 saturated heterocycles. The number of carboxylic acid groups (broad SMARTS) is 1. The Morgan fingerprint density at radius 3 is 2.39 bits per heavy atom. The van der Waals surface area contributed by atoms with Crippen LogP contribution in [-0.2, 0) is 23.9 Å². The number of nitrogens with zero attached hydrogens (tertiary/aromatic N) is 1. The second-order valence-electron chi connectivity index (χ2n) is 8.50. The number of anilines is 1. The SMILES string of the molecule is O=C(O)Cc1ccc(NCc2cccc(-c3ccnc4c(C(F)(F)F)cccc34)c2)c2ccccc12. The first-order valence-electron chi connectivity index (χ1n) is 11.3. The van der Waals surface area contributed by atoms with E-state index in [1.807, 2.05) is 60.7 Å². The summed E-state index contributed by atoms with van der Waals surface area (Å²) >= 11 is 0. The molecule has 7 heteroatoms. The molecule has 36 heavy (non-hydrogen) atoms. The van der Waals surface area contributed by atoms with Gasteiger partial charge in [-0.1, -0.05) is 60.7 Å². The molecule has 0 amide bonds. The molecule has 4 aromatic carbocycles. The average molecular weight is 486 g/mol. The van der Waals surface area contributed by atoms with E-state index >= 15 is 0 Å². The van der Waals surface area contributed by atoms with E-state index in [1.165, 1.54) is 12.3 Å². The lowest BCUT2D eigenvalue weighted by Crippen LogP contribution is -2.06. The number of nitrogens with one attached hydrogen (secondary N) is 1. The highest BCUT2D eigenvalue weighted by atomic mass is 19.4. The van der Waals surface area contributed by atoms with Crippen LogP contribution in [0.4, 0.5) is 18.9 Å². The lowest BCUT2D eigenvalue weighted by atomic mass is 9.97. The van der Waals surface area contributed by atoms with E-state index in [2.05, 4.69) is 10.3 Å². The van der Waals surface area contributed by atoms with Crippen molar-refractivity contribution in [3.8, 4) is 11.1 Å². The lowest BCUT2D eigenvalue weighted by Gasteiger charge is -2.14. The number of carboxylic acids is 1. The minimum absolute atomic E-state index is 0.0568. The smallest absolute Gasteiger partial charge is 0.418 e. The van der Waals surface area contributed by atoms with Gasteiger partial charge >= 0.3 is 12.1 Å². The molecule has 0 spiro atoms. The molecule has 1 aromatic heterocycles. The van der Waals surface area contributed by atoms with Gasteiger partial charge in [-0.25, -0.2) is 0 Å². The van der Waals surface area contributed by atoms with Crippen molar-refractivity contribution >= 4 is 33.3 Å². The van der Waals surface area contributed by atoms with Gasteiger partial charge in [-0.15, -0.1) is 0 Å². The number of rotatable bonds is 6. The van der Waals surface area contributed by atoms with Crippen LogP contribution in [0.2, 0.25) is 0 Å². The predicted molar refractivity (Wildman–Crippen MR) is 135 cm³/mol. The maximum Gasteiger partial charge on any atom is 0.418 e. The van der Waals surface area contributed by atoms with Gasteiger partial charge in [0.05, 0.1) is 17.5 Å².